The Balaban J connectivity index is 0.00000320. The Morgan fingerprint density at radius 3 is 2.30 bits per heavy atom. The van der Waals surface area contributed by atoms with E-state index in [2.05, 4.69) is 5.32 Å². The molecular formula is C21H26ClN3O5. The fourth-order valence-electron chi connectivity index (χ4n) is 3.14. The average molecular weight is 436 g/mol. The minimum Gasteiger partial charge on any atom is -0.497 e. The Hall–Kier alpha value is -2.97. The topological polar surface area (TPSA) is 103 Å². The molecule has 1 heterocycles. The summed E-state index contributed by atoms with van der Waals surface area (Å²) in [6.07, 6.45) is 0.142. The molecule has 3 N–H and O–H groups in total. The molecule has 1 fully saturated rings. The van der Waals surface area contributed by atoms with Gasteiger partial charge in [0.2, 0.25) is 11.8 Å². The smallest absolute Gasteiger partial charge is 0.229 e. The van der Waals surface area contributed by atoms with E-state index in [1.807, 2.05) is 0 Å². The summed E-state index contributed by atoms with van der Waals surface area (Å²) in [5.74, 6) is 1.07. The van der Waals surface area contributed by atoms with E-state index in [-0.39, 0.29) is 30.6 Å². The molecule has 1 atom stereocenters. The minimum absolute atomic E-state index is 0. The van der Waals surface area contributed by atoms with Crippen molar-refractivity contribution < 1.29 is 23.8 Å². The summed E-state index contributed by atoms with van der Waals surface area (Å²) in [6.45, 7) is 1.16. The molecule has 30 heavy (non-hydrogen) atoms. The molecule has 1 saturated heterocycles. The van der Waals surface area contributed by atoms with Gasteiger partial charge in [-0.2, -0.15) is 0 Å². The van der Waals surface area contributed by atoms with Crippen molar-refractivity contribution in [1.29, 1.82) is 0 Å². The minimum atomic E-state index is -0.451. The van der Waals surface area contributed by atoms with Crippen LogP contribution in [0, 0.1) is 5.92 Å². The van der Waals surface area contributed by atoms with Gasteiger partial charge in [-0.3, -0.25) is 9.59 Å². The van der Waals surface area contributed by atoms with Gasteiger partial charge in [-0.25, -0.2) is 0 Å². The zero-order chi connectivity index (χ0) is 20.8. The van der Waals surface area contributed by atoms with Gasteiger partial charge in [0, 0.05) is 43.4 Å². The Bertz CT molecular complexity index is 853. The molecule has 1 unspecified atom stereocenters. The number of anilines is 2. The number of amides is 2. The molecule has 0 aromatic heterocycles. The molecule has 0 saturated carbocycles. The third kappa shape index (κ3) is 5.55. The van der Waals surface area contributed by atoms with Gasteiger partial charge < -0.3 is 30.2 Å². The molecular weight excluding hydrogens is 410 g/mol. The first-order chi connectivity index (χ1) is 14.0. The largest absolute Gasteiger partial charge is 0.497 e. The number of halogens is 1. The van der Waals surface area contributed by atoms with E-state index < -0.39 is 5.92 Å². The first kappa shape index (κ1) is 23.3. The van der Waals surface area contributed by atoms with Crippen LogP contribution in [0.2, 0.25) is 0 Å². The third-order valence-corrected chi connectivity index (χ3v) is 4.65. The number of hydrogen-bond acceptors (Lipinski definition) is 6. The number of ether oxygens (including phenoxy) is 3. The second kappa shape index (κ2) is 10.7. The zero-order valence-electron chi connectivity index (χ0n) is 16.9. The lowest BCUT2D eigenvalue weighted by atomic mass is 10.1. The maximum absolute atomic E-state index is 12.7. The third-order valence-electron chi connectivity index (χ3n) is 4.65. The monoisotopic (exact) mass is 435 g/mol. The lowest BCUT2D eigenvalue weighted by molar-refractivity contribution is -0.122. The van der Waals surface area contributed by atoms with Gasteiger partial charge in [0.1, 0.15) is 23.9 Å². The highest BCUT2D eigenvalue weighted by atomic mass is 35.5. The van der Waals surface area contributed by atoms with Crippen molar-refractivity contribution in [3.63, 3.8) is 0 Å². The number of carbonyl (C=O) groups is 2. The first-order valence-corrected chi connectivity index (χ1v) is 9.31. The quantitative estimate of drug-likeness (QED) is 0.660. The van der Waals surface area contributed by atoms with E-state index in [9.17, 15) is 9.59 Å². The number of benzene rings is 2. The molecule has 9 heteroatoms. The zero-order valence-corrected chi connectivity index (χ0v) is 17.7. The van der Waals surface area contributed by atoms with Crippen molar-refractivity contribution in [2.45, 2.75) is 6.42 Å². The SMILES string of the molecule is COc1cc(OC)cc(N2CC(C(=O)Nc3ccc(OCCN)cc3)CC2=O)c1.Cl. The summed E-state index contributed by atoms with van der Waals surface area (Å²) in [4.78, 5) is 26.8. The van der Waals surface area contributed by atoms with Gasteiger partial charge in [-0.15, -0.1) is 12.4 Å². The molecule has 0 aliphatic carbocycles. The van der Waals surface area contributed by atoms with Crippen LogP contribution in [0.5, 0.6) is 17.2 Å². The predicted molar refractivity (Wildman–Crippen MR) is 117 cm³/mol. The summed E-state index contributed by atoms with van der Waals surface area (Å²) < 4.78 is 16.0. The van der Waals surface area contributed by atoms with Crippen molar-refractivity contribution in [3.8, 4) is 17.2 Å². The summed E-state index contributed by atoms with van der Waals surface area (Å²) in [6, 6.07) is 12.3. The number of methoxy groups -OCH3 is 2. The van der Waals surface area contributed by atoms with Gasteiger partial charge >= 0.3 is 0 Å². The van der Waals surface area contributed by atoms with Gasteiger partial charge in [-0.1, -0.05) is 0 Å². The van der Waals surface area contributed by atoms with Crippen molar-refractivity contribution in [2.75, 3.05) is 44.1 Å². The first-order valence-electron chi connectivity index (χ1n) is 9.31. The summed E-state index contributed by atoms with van der Waals surface area (Å²) in [5.41, 5.74) is 6.70. The van der Waals surface area contributed by atoms with E-state index in [1.54, 1.807) is 61.6 Å². The molecule has 1 aliphatic heterocycles. The second-order valence-corrected chi connectivity index (χ2v) is 6.63. The van der Waals surface area contributed by atoms with Crippen molar-refractivity contribution in [3.05, 3.63) is 42.5 Å². The molecule has 2 amide bonds. The maximum Gasteiger partial charge on any atom is 0.229 e. The van der Waals surface area contributed by atoms with Gasteiger partial charge in [-0.05, 0) is 24.3 Å². The highest BCUT2D eigenvalue weighted by Crippen LogP contribution is 2.32. The van der Waals surface area contributed by atoms with E-state index in [1.165, 1.54) is 0 Å². The number of nitrogens with two attached hydrogens (primary N) is 1. The lowest BCUT2D eigenvalue weighted by Crippen LogP contribution is -2.28. The fraction of sp³-hybridized carbons (Fsp3) is 0.333. The van der Waals surface area contributed by atoms with E-state index in [0.29, 0.717) is 48.3 Å². The van der Waals surface area contributed by atoms with E-state index in [4.69, 9.17) is 19.9 Å². The van der Waals surface area contributed by atoms with Crippen molar-refractivity contribution in [1.82, 2.24) is 0 Å². The molecule has 2 aromatic carbocycles. The van der Waals surface area contributed by atoms with Crippen LogP contribution < -0.4 is 30.2 Å². The summed E-state index contributed by atoms with van der Waals surface area (Å²) in [7, 11) is 3.10. The van der Waals surface area contributed by atoms with E-state index in [0.717, 1.165) is 0 Å². The summed E-state index contributed by atoms with van der Waals surface area (Å²) in [5, 5.41) is 2.86. The van der Waals surface area contributed by atoms with Crippen LogP contribution in [0.15, 0.2) is 42.5 Å². The van der Waals surface area contributed by atoms with Gasteiger partial charge in [0.15, 0.2) is 0 Å². The lowest BCUT2D eigenvalue weighted by Gasteiger charge is -2.18. The Kier molecular flexibility index (Phi) is 8.32. The Morgan fingerprint density at radius 1 is 1.10 bits per heavy atom. The molecule has 1 aliphatic rings. The van der Waals surface area contributed by atoms with Gasteiger partial charge in [0.25, 0.3) is 0 Å². The van der Waals surface area contributed by atoms with Crippen LogP contribution in [0.1, 0.15) is 6.42 Å². The second-order valence-electron chi connectivity index (χ2n) is 6.63. The van der Waals surface area contributed by atoms with E-state index >= 15 is 0 Å². The standard InChI is InChI=1S/C21H25N3O5.ClH/c1-27-18-10-16(11-19(12-18)28-2)24-13-14(9-20(24)25)21(26)23-15-3-5-17(6-4-15)29-8-7-22;/h3-6,10-12,14H,7-9,13,22H2,1-2H3,(H,23,26);1H. The fourth-order valence-corrected chi connectivity index (χ4v) is 3.14. The number of nitrogens with zero attached hydrogens (tertiary/aromatic N) is 1. The summed E-state index contributed by atoms with van der Waals surface area (Å²) >= 11 is 0. The molecule has 162 valence electrons. The normalized spacial score (nSPS) is 15.4. The number of nitrogens with one attached hydrogen (secondary N) is 1. The molecule has 0 spiro atoms. The van der Waals surface area contributed by atoms with Crippen LogP contribution in [-0.4, -0.2) is 45.7 Å². The highest BCUT2D eigenvalue weighted by molar-refractivity contribution is 6.03. The number of carbonyl (C=O) groups excluding carboxylic acids is 2. The Labute approximate surface area is 181 Å². The van der Waals surface area contributed by atoms with Crippen LogP contribution in [0.4, 0.5) is 11.4 Å². The van der Waals surface area contributed by atoms with Crippen LogP contribution >= 0.6 is 12.4 Å². The highest BCUT2D eigenvalue weighted by Gasteiger charge is 2.35. The van der Waals surface area contributed by atoms with Crippen molar-refractivity contribution in [2.24, 2.45) is 11.7 Å². The number of rotatable bonds is 8. The van der Waals surface area contributed by atoms with Crippen LogP contribution in [0.3, 0.4) is 0 Å². The maximum atomic E-state index is 12.7. The average Bonchev–Trinajstić information content (AvgIpc) is 3.14. The number of hydrogen-bond donors (Lipinski definition) is 2. The predicted octanol–water partition coefficient (Wildman–Crippen LogP) is 2.45. The van der Waals surface area contributed by atoms with Crippen LogP contribution in [0.25, 0.3) is 0 Å². The molecule has 0 radical (unpaired) electrons. The molecule has 3 rings (SSSR count). The van der Waals surface area contributed by atoms with Crippen LogP contribution in [-0.2, 0) is 9.59 Å². The molecule has 2 aromatic rings. The Morgan fingerprint density at radius 2 is 1.73 bits per heavy atom. The molecule has 8 nitrogen and oxygen atoms in total. The van der Waals surface area contributed by atoms with Gasteiger partial charge in [0.05, 0.1) is 25.8 Å². The molecule has 0 bridgehead atoms. The van der Waals surface area contributed by atoms with Crippen molar-refractivity contribution >= 4 is 35.6 Å².